The molecule has 0 saturated carbocycles. The average molecular weight is 339 g/mol. The number of nitrogens with one attached hydrogen (secondary N) is 1. The molecule has 3 aromatic rings. The van der Waals surface area contributed by atoms with E-state index in [2.05, 4.69) is 10.2 Å². The van der Waals surface area contributed by atoms with Gasteiger partial charge in [0.05, 0.1) is 18.9 Å². The summed E-state index contributed by atoms with van der Waals surface area (Å²) in [6, 6.07) is 10.1. The monoisotopic (exact) mass is 339 g/mol. The molecule has 7 heteroatoms. The number of phenols is 1. The fourth-order valence-electron chi connectivity index (χ4n) is 3.22. The number of methoxy groups -OCH3 is 1. The number of phenolic OH excluding ortho intramolecular Hbond substituents is 1. The van der Waals surface area contributed by atoms with Crippen molar-refractivity contribution < 1.29 is 19.1 Å². The molecule has 0 radical (unpaired) electrons. The lowest BCUT2D eigenvalue weighted by molar-refractivity contribution is 0.0677. The molecule has 0 bridgehead atoms. The summed E-state index contributed by atoms with van der Waals surface area (Å²) >= 11 is 0. The van der Waals surface area contributed by atoms with E-state index in [4.69, 9.17) is 9.15 Å². The standard InChI is InChI=1S/C18H17N3O4/c1-24-10-8-21-17(11-4-6-12(22)7-5-11)14-15(13-3-2-9-25-13)19-20-16(14)18(21)23/h2-7,9,17,22H,8,10H2,1H3,(H,19,20). The van der Waals surface area contributed by atoms with Crippen LogP contribution in [-0.2, 0) is 4.74 Å². The number of aromatic nitrogens is 2. The van der Waals surface area contributed by atoms with E-state index < -0.39 is 0 Å². The lowest BCUT2D eigenvalue weighted by Crippen LogP contribution is -2.32. The van der Waals surface area contributed by atoms with Crippen molar-refractivity contribution in [2.24, 2.45) is 0 Å². The van der Waals surface area contributed by atoms with Crippen molar-refractivity contribution >= 4 is 5.91 Å². The zero-order chi connectivity index (χ0) is 17.4. The molecule has 1 amide bonds. The molecular formula is C18H17N3O4. The van der Waals surface area contributed by atoms with Gasteiger partial charge in [0.1, 0.15) is 11.4 Å². The summed E-state index contributed by atoms with van der Waals surface area (Å²) in [5, 5.41) is 16.7. The third kappa shape index (κ3) is 2.49. The lowest BCUT2D eigenvalue weighted by Gasteiger charge is -2.26. The molecule has 2 N–H and O–H groups in total. The van der Waals surface area contributed by atoms with Crippen LogP contribution in [0.4, 0.5) is 0 Å². The zero-order valence-corrected chi connectivity index (χ0v) is 13.6. The number of hydrogen-bond acceptors (Lipinski definition) is 5. The van der Waals surface area contributed by atoms with E-state index in [0.717, 1.165) is 11.1 Å². The molecule has 1 atom stereocenters. The highest BCUT2D eigenvalue weighted by Gasteiger charge is 2.42. The number of nitrogens with zero attached hydrogens (tertiary/aromatic N) is 2. The number of fused-ring (bicyclic) bond motifs is 1. The van der Waals surface area contributed by atoms with Crippen molar-refractivity contribution in [3.63, 3.8) is 0 Å². The van der Waals surface area contributed by atoms with Crippen LogP contribution in [0, 0.1) is 0 Å². The number of carbonyl (C=O) groups excluding carboxylic acids is 1. The minimum absolute atomic E-state index is 0.154. The third-order valence-corrected chi connectivity index (χ3v) is 4.37. The molecule has 1 unspecified atom stereocenters. The van der Waals surface area contributed by atoms with Crippen molar-refractivity contribution in [3.8, 4) is 17.2 Å². The summed E-state index contributed by atoms with van der Waals surface area (Å²) in [4.78, 5) is 14.6. The number of hydrogen-bond donors (Lipinski definition) is 2. The maximum Gasteiger partial charge on any atom is 0.275 e. The predicted octanol–water partition coefficient (Wildman–Crippen LogP) is 2.57. The smallest absolute Gasteiger partial charge is 0.275 e. The summed E-state index contributed by atoms with van der Waals surface area (Å²) in [5.41, 5.74) is 2.74. The quantitative estimate of drug-likeness (QED) is 0.745. The van der Waals surface area contributed by atoms with Gasteiger partial charge >= 0.3 is 0 Å². The van der Waals surface area contributed by atoms with Gasteiger partial charge in [0.15, 0.2) is 11.5 Å². The first kappa shape index (κ1) is 15.5. The Morgan fingerprint density at radius 2 is 2.12 bits per heavy atom. The molecule has 4 rings (SSSR count). The number of benzene rings is 1. The lowest BCUT2D eigenvalue weighted by atomic mass is 9.98. The SMILES string of the molecule is COCCN1C(=O)c2n[nH]c(-c3ccco3)c2C1c1ccc(O)cc1. The molecule has 7 nitrogen and oxygen atoms in total. The molecule has 1 aliphatic rings. The number of rotatable bonds is 5. The second kappa shape index (κ2) is 6.10. The molecular weight excluding hydrogens is 322 g/mol. The van der Waals surface area contributed by atoms with E-state index in [0.29, 0.717) is 30.3 Å². The second-order valence-corrected chi connectivity index (χ2v) is 5.82. The van der Waals surface area contributed by atoms with Gasteiger partial charge in [-0.3, -0.25) is 9.89 Å². The van der Waals surface area contributed by atoms with Crippen molar-refractivity contribution in [2.45, 2.75) is 6.04 Å². The highest BCUT2D eigenvalue weighted by Crippen LogP contribution is 2.42. The Morgan fingerprint density at radius 1 is 1.32 bits per heavy atom. The van der Waals surface area contributed by atoms with Crippen LogP contribution in [0.5, 0.6) is 5.75 Å². The van der Waals surface area contributed by atoms with Crippen LogP contribution in [0.3, 0.4) is 0 Å². The van der Waals surface area contributed by atoms with Crippen LogP contribution in [0.2, 0.25) is 0 Å². The van der Waals surface area contributed by atoms with Crippen molar-refractivity contribution in [2.75, 3.05) is 20.3 Å². The van der Waals surface area contributed by atoms with Crippen molar-refractivity contribution in [1.82, 2.24) is 15.1 Å². The first-order chi connectivity index (χ1) is 12.2. The van der Waals surface area contributed by atoms with E-state index in [1.807, 2.05) is 6.07 Å². The van der Waals surface area contributed by atoms with Crippen LogP contribution >= 0.6 is 0 Å². The van der Waals surface area contributed by atoms with E-state index in [9.17, 15) is 9.90 Å². The molecule has 1 aliphatic heterocycles. The molecule has 25 heavy (non-hydrogen) atoms. The van der Waals surface area contributed by atoms with Gasteiger partial charge in [-0.25, -0.2) is 0 Å². The number of ether oxygens (including phenoxy) is 1. The third-order valence-electron chi connectivity index (χ3n) is 4.37. The predicted molar refractivity (Wildman–Crippen MR) is 89.2 cm³/mol. The summed E-state index contributed by atoms with van der Waals surface area (Å²) < 4.78 is 10.6. The molecule has 1 aromatic carbocycles. The van der Waals surface area contributed by atoms with Gasteiger partial charge < -0.3 is 19.2 Å². The summed E-state index contributed by atoms with van der Waals surface area (Å²) in [5.74, 6) is 0.647. The minimum atomic E-state index is -0.322. The minimum Gasteiger partial charge on any atom is -0.508 e. The topological polar surface area (TPSA) is 91.6 Å². The maximum atomic E-state index is 12.8. The Kier molecular flexibility index (Phi) is 3.77. The Morgan fingerprint density at radius 3 is 2.80 bits per heavy atom. The highest BCUT2D eigenvalue weighted by molar-refractivity contribution is 5.99. The van der Waals surface area contributed by atoms with E-state index in [-0.39, 0.29) is 17.7 Å². The number of furan rings is 1. The molecule has 0 spiro atoms. The Hall–Kier alpha value is -3.06. The number of carbonyl (C=O) groups is 1. The number of amides is 1. The fourth-order valence-corrected chi connectivity index (χ4v) is 3.22. The van der Waals surface area contributed by atoms with Gasteiger partial charge in [-0.2, -0.15) is 5.10 Å². The van der Waals surface area contributed by atoms with E-state index in [1.165, 1.54) is 0 Å². The highest BCUT2D eigenvalue weighted by atomic mass is 16.5. The summed E-state index contributed by atoms with van der Waals surface area (Å²) in [7, 11) is 1.60. The van der Waals surface area contributed by atoms with Crippen molar-refractivity contribution in [3.05, 3.63) is 59.5 Å². The molecule has 2 aromatic heterocycles. The van der Waals surface area contributed by atoms with Gasteiger partial charge in [0.25, 0.3) is 5.91 Å². The Bertz CT molecular complexity index is 884. The van der Waals surface area contributed by atoms with Gasteiger partial charge in [-0.15, -0.1) is 0 Å². The van der Waals surface area contributed by atoms with Gasteiger partial charge in [-0.1, -0.05) is 12.1 Å². The summed E-state index contributed by atoms with van der Waals surface area (Å²) in [6.45, 7) is 0.860. The molecule has 0 saturated heterocycles. The molecule has 128 valence electrons. The van der Waals surface area contributed by atoms with Crippen LogP contribution in [0.1, 0.15) is 27.7 Å². The summed E-state index contributed by atoms with van der Waals surface area (Å²) in [6.07, 6.45) is 1.58. The Labute approximate surface area is 143 Å². The number of aromatic amines is 1. The first-order valence-electron chi connectivity index (χ1n) is 7.91. The maximum absolute atomic E-state index is 12.8. The molecule has 3 heterocycles. The average Bonchev–Trinajstić information content (AvgIpc) is 3.32. The van der Waals surface area contributed by atoms with E-state index >= 15 is 0 Å². The van der Waals surface area contributed by atoms with E-state index in [1.54, 1.807) is 48.6 Å². The van der Waals surface area contributed by atoms with Crippen LogP contribution in [-0.4, -0.2) is 46.4 Å². The van der Waals surface area contributed by atoms with Gasteiger partial charge in [0, 0.05) is 19.2 Å². The van der Waals surface area contributed by atoms with Crippen LogP contribution in [0.15, 0.2) is 47.1 Å². The van der Waals surface area contributed by atoms with Gasteiger partial charge in [0.2, 0.25) is 0 Å². The van der Waals surface area contributed by atoms with Crippen LogP contribution in [0.25, 0.3) is 11.5 Å². The fraction of sp³-hybridized carbons (Fsp3) is 0.222. The Balaban J connectivity index is 1.85. The largest absolute Gasteiger partial charge is 0.508 e. The van der Waals surface area contributed by atoms with Gasteiger partial charge in [-0.05, 0) is 29.8 Å². The normalized spacial score (nSPS) is 16.4. The molecule has 0 fully saturated rings. The van der Waals surface area contributed by atoms with Crippen LogP contribution < -0.4 is 0 Å². The zero-order valence-electron chi connectivity index (χ0n) is 13.6. The number of H-pyrrole nitrogens is 1. The molecule has 0 aliphatic carbocycles. The first-order valence-corrected chi connectivity index (χ1v) is 7.91. The second-order valence-electron chi connectivity index (χ2n) is 5.82. The number of aromatic hydroxyl groups is 1. The van der Waals surface area contributed by atoms with Crippen molar-refractivity contribution in [1.29, 1.82) is 0 Å².